The first-order valence-electron chi connectivity index (χ1n) is 16.9. The number of halogens is 4. The van der Waals surface area contributed by atoms with Gasteiger partial charge in [-0.25, -0.2) is 21.9 Å². The molecule has 0 bridgehead atoms. The summed E-state index contributed by atoms with van der Waals surface area (Å²) in [5, 5.41) is 1.58. The van der Waals surface area contributed by atoms with Gasteiger partial charge in [0.05, 0.1) is 58.7 Å². The largest absolute Gasteiger partial charge is 0.256 e. The van der Waals surface area contributed by atoms with Gasteiger partial charge in [-0.1, -0.05) is 35.3 Å². The zero-order valence-corrected chi connectivity index (χ0v) is 34.2. The fourth-order valence-corrected chi connectivity index (χ4v) is 7.30. The van der Waals surface area contributed by atoms with Crippen LogP contribution in [-0.4, -0.2) is 43.6 Å². The zero-order chi connectivity index (χ0) is 39.5. The van der Waals surface area contributed by atoms with Crippen molar-refractivity contribution in [2.75, 3.05) is 0 Å². The van der Waals surface area contributed by atoms with Gasteiger partial charge < -0.3 is 0 Å². The van der Waals surface area contributed by atoms with Crippen LogP contribution in [-0.2, 0) is 22.0 Å². The number of aromatic nitrogens is 4. The highest BCUT2D eigenvalue weighted by Gasteiger charge is 2.25. The lowest BCUT2D eigenvalue weighted by Gasteiger charge is -2.24. The third kappa shape index (κ3) is 9.41. The summed E-state index contributed by atoms with van der Waals surface area (Å²) in [6.07, 6.45) is 6.65. The molecule has 0 aliphatic heterocycles. The number of hydrogen-bond acceptors (Lipinski definition) is 6. The Morgan fingerprint density at radius 3 is 1.72 bits per heavy atom. The summed E-state index contributed by atoms with van der Waals surface area (Å²) in [5.74, 6) is -0.904. The van der Waals surface area contributed by atoms with Crippen molar-refractivity contribution in [2.45, 2.75) is 70.9 Å². The molecule has 6 aromatic rings. The molecule has 1 N–H and O–H groups in total. The molecule has 3 atom stereocenters. The van der Waals surface area contributed by atoms with Gasteiger partial charge in [-0.2, -0.15) is 4.40 Å². The lowest BCUT2D eigenvalue weighted by Crippen LogP contribution is -2.35. The molecule has 8 nitrogen and oxygen atoms in total. The van der Waals surface area contributed by atoms with Crippen LogP contribution in [0.5, 0.6) is 0 Å². The molecule has 0 amide bonds. The molecule has 2 aromatic carbocycles. The molecule has 0 aliphatic rings. The maximum atomic E-state index is 14.1. The SMILES string of the molecule is CC(=NS(=O)C(C)(C)C)c1cnc2c(Cl)cc(F)cc2c1-c1ccccn1.CC(NS(=O)C(C)(C)C)c1cnc2c(Cl)cc(F)cc2c1-c1ccccn1. The van der Waals surface area contributed by atoms with Crippen molar-refractivity contribution in [3.8, 4) is 22.5 Å². The lowest BCUT2D eigenvalue weighted by atomic mass is 9.96. The lowest BCUT2D eigenvalue weighted by molar-refractivity contribution is 0.616. The van der Waals surface area contributed by atoms with Crippen LogP contribution in [0.1, 0.15) is 72.6 Å². The first-order chi connectivity index (χ1) is 25.4. The Bertz CT molecular complexity index is 2410. The molecule has 14 heteroatoms. The average molecular weight is 810 g/mol. The van der Waals surface area contributed by atoms with Crippen LogP contribution in [0.2, 0.25) is 10.0 Å². The van der Waals surface area contributed by atoms with Crippen molar-refractivity contribution in [1.82, 2.24) is 24.7 Å². The minimum atomic E-state index is -1.44. The molecule has 6 rings (SSSR count). The smallest absolute Gasteiger partial charge is 0.145 e. The van der Waals surface area contributed by atoms with Gasteiger partial charge in [0.1, 0.15) is 22.6 Å². The Morgan fingerprint density at radius 1 is 0.741 bits per heavy atom. The first-order valence-corrected chi connectivity index (χ1v) is 19.9. The average Bonchev–Trinajstić information content (AvgIpc) is 3.10. The molecule has 0 spiro atoms. The quantitative estimate of drug-likeness (QED) is 0.161. The number of nitrogens with one attached hydrogen (secondary N) is 1. The van der Waals surface area contributed by atoms with E-state index in [1.807, 2.05) is 78.8 Å². The molecule has 0 saturated heterocycles. The second kappa shape index (κ2) is 16.7. The predicted octanol–water partition coefficient (Wildman–Crippen LogP) is 10.6. The van der Waals surface area contributed by atoms with Crippen LogP contribution in [0.25, 0.3) is 44.3 Å². The van der Waals surface area contributed by atoms with Crippen LogP contribution < -0.4 is 4.72 Å². The summed E-state index contributed by atoms with van der Waals surface area (Å²) in [5.41, 5.74) is 5.65. The number of nitrogens with zero attached hydrogens (tertiary/aromatic N) is 5. The van der Waals surface area contributed by atoms with Gasteiger partial charge in [0.2, 0.25) is 0 Å². The van der Waals surface area contributed by atoms with Crippen molar-refractivity contribution in [3.63, 3.8) is 0 Å². The first kappa shape index (κ1) is 41.1. The van der Waals surface area contributed by atoms with Crippen LogP contribution in [0.3, 0.4) is 0 Å². The van der Waals surface area contributed by atoms with Crippen LogP contribution >= 0.6 is 23.2 Å². The van der Waals surface area contributed by atoms with Gasteiger partial charge in [0.25, 0.3) is 0 Å². The van der Waals surface area contributed by atoms with E-state index in [0.717, 1.165) is 11.1 Å². The van der Waals surface area contributed by atoms with Crippen molar-refractivity contribution in [1.29, 1.82) is 0 Å². The summed E-state index contributed by atoms with van der Waals surface area (Å²) < 4.78 is 59.8. The van der Waals surface area contributed by atoms with E-state index in [4.69, 9.17) is 23.2 Å². The molecule has 4 heterocycles. The van der Waals surface area contributed by atoms with Crippen LogP contribution in [0, 0.1) is 11.6 Å². The van der Waals surface area contributed by atoms with E-state index < -0.39 is 43.1 Å². The van der Waals surface area contributed by atoms with Crippen molar-refractivity contribution < 1.29 is 17.2 Å². The van der Waals surface area contributed by atoms with Gasteiger partial charge in [-0.3, -0.25) is 19.9 Å². The third-order valence-electron chi connectivity index (χ3n) is 8.09. The van der Waals surface area contributed by atoms with Gasteiger partial charge in [0, 0.05) is 58.3 Å². The van der Waals surface area contributed by atoms with E-state index >= 15 is 0 Å². The summed E-state index contributed by atoms with van der Waals surface area (Å²) in [6.45, 7) is 14.9. The summed E-state index contributed by atoms with van der Waals surface area (Å²) >= 11 is 12.4. The Labute approximate surface area is 329 Å². The zero-order valence-electron chi connectivity index (χ0n) is 31.0. The fraction of sp³-hybridized carbons (Fsp3) is 0.275. The molecular weight excluding hydrogens is 770 g/mol. The highest BCUT2D eigenvalue weighted by molar-refractivity contribution is 7.85. The highest BCUT2D eigenvalue weighted by Crippen LogP contribution is 2.37. The molecule has 4 aromatic heterocycles. The Hall–Kier alpha value is -4.07. The van der Waals surface area contributed by atoms with E-state index in [1.165, 1.54) is 24.3 Å². The van der Waals surface area contributed by atoms with Gasteiger partial charge in [0.15, 0.2) is 0 Å². The molecular formula is C40H40Cl2F2N6O2S2. The van der Waals surface area contributed by atoms with Crippen LogP contribution in [0.15, 0.2) is 89.8 Å². The van der Waals surface area contributed by atoms with E-state index in [-0.39, 0.29) is 16.1 Å². The Balaban J connectivity index is 0.000000208. The molecule has 0 aliphatic carbocycles. The topological polar surface area (TPSA) is 110 Å². The van der Waals surface area contributed by atoms with Crippen LogP contribution in [0.4, 0.5) is 8.78 Å². The van der Waals surface area contributed by atoms with Gasteiger partial charge in [-0.05, 0) is 109 Å². The molecule has 54 heavy (non-hydrogen) atoms. The molecule has 0 fully saturated rings. The van der Waals surface area contributed by atoms with Crippen molar-refractivity contribution >= 4 is 72.7 Å². The number of benzene rings is 2. The molecule has 0 saturated carbocycles. The maximum Gasteiger partial charge on any atom is 0.145 e. The highest BCUT2D eigenvalue weighted by atomic mass is 35.5. The third-order valence-corrected chi connectivity index (χ3v) is 11.8. The van der Waals surface area contributed by atoms with Crippen molar-refractivity contribution in [2.24, 2.45) is 4.40 Å². The fourth-order valence-electron chi connectivity index (χ4n) is 5.37. The van der Waals surface area contributed by atoms with E-state index in [2.05, 4.69) is 29.1 Å². The standard InChI is InChI=1S/C20H21ClFN3OS.C20H19ClFN3OS/c2*1-12(25-27(26)20(2,3)4)15-11-24-19-14(9-13(22)10-16(19)21)18(15)17-7-5-6-8-23-17/h5-12,25H,1-4H3;5-11H,1-4H3. The minimum absolute atomic E-state index is 0.224. The maximum absolute atomic E-state index is 14.1. The number of pyridine rings is 4. The Morgan fingerprint density at radius 2 is 1.24 bits per heavy atom. The number of fused-ring (bicyclic) bond motifs is 2. The minimum Gasteiger partial charge on any atom is -0.256 e. The monoisotopic (exact) mass is 808 g/mol. The van der Waals surface area contributed by atoms with E-state index in [9.17, 15) is 17.2 Å². The molecule has 0 radical (unpaired) electrons. The summed E-state index contributed by atoms with van der Waals surface area (Å²) in [7, 11) is -2.71. The van der Waals surface area contributed by atoms with E-state index in [1.54, 1.807) is 37.8 Å². The van der Waals surface area contributed by atoms with E-state index in [0.29, 0.717) is 50.0 Å². The molecule has 282 valence electrons. The number of hydrogen-bond donors (Lipinski definition) is 1. The summed E-state index contributed by atoms with van der Waals surface area (Å²) in [6, 6.07) is 16.0. The van der Waals surface area contributed by atoms with Crippen molar-refractivity contribution in [3.05, 3.63) is 118 Å². The van der Waals surface area contributed by atoms with Gasteiger partial charge >= 0.3 is 0 Å². The normalized spacial score (nSPS) is 14.0. The second-order valence-corrected chi connectivity index (χ2v) is 19.1. The molecule has 3 unspecified atom stereocenters. The number of rotatable bonds is 7. The second-order valence-electron chi connectivity index (χ2n) is 14.4. The Kier molecular flexibility index (Phi) is 12.7. The van der Waals surface area contributed by atoms with Gasteiger partial charge in [-0.15, -0.1) is 0 Å². The summed E-state index contributed by atoms with van der Waals surface area (Å²) in [4.78, 5) is 17.7. The predicted molar refractivity (Wildman–Crippen MR) is 219 cm³/mol.